The van der Waals surface area contributed by atoms with E-state index >= 15 is 0 Å². The second-order valence-corrected chi connectivity index (χ2v) is 8.74. The summed E-state index contributed by atoms with van der Waals surface area (Å²) in [6, 6.07) is 1.03. The maximum Gasteiger partial charge on any atom is 0.320 e. The van der Waals surface area contributed by atoms with Gasteiger partial charge in [0.05, 0.1) is 35.9 Å². The number of hydrogen-bond donors (Lipinski definition) is 2. The molecule has 2 saturated heterocycles. The summed E-state index contributed by atoms with van der Waals surface area (Å²) in [6.07, 6.45) is 5.25. The zero-order valence-electron chi connectivity index (χ0n) is 13.8. The second kappa shape index (κ2) is 7.10. The zero-order chi connectivity index (χ0) is 17.2. The maximum absolute atomic E-state index is 12.2. The van der Waals surface area contributed by atoms with Crippen LogP contribution in [0.3, 0.4) is 0 Å². The lowest BCUT2D eigenvalue weighted by molar-refractivity contribution is -0.00102. The van der Waals surface area contributed by atoms with E-state index in [0.29, 0.717) is 12.2 Å². The first kappa shape index (κ1) is 17.2. The molecule has 2 amide bonds. The molecule has 3 unspecified atom stereocenters. The van der Waals surface area contributed by atoms with Gasteiger partial charge in [0.25, 0.3) is 0 Å². The van der Waals surface area contributed by atoms with Crippen molar-refractivity contribution in [2.24, 2.45) is 0 Å². The third kappa shape index (κ3) is 4.07. The highest BCUT2D eigenvalue weighted by Gasteiger charge is 2.31. The van der Waals surface area contributed by atoms with Gasteiger partial charge in [-0.15, -0.1) is 0 Å². The number of sulfone groups is 1. The number of urea groups is 1. The Morgan fingerprint density at radius 1 is 1.42 bits per heavy atom. The fourth-order valence-electron chi connectivity index (χ4n) is 3.28. The van der Waals surface area contributed by atoms with Crippen LogP contribution in [0.5, 0.6) is 0 Å². The maximum atomic E-state index is 12.2. The molecule has 2 aliphatic rings. The molecule has 24 heavy (non-hydrogen) atoms. The van der Waals surface area contributed by atoms with Crippen molar-refractivity contribution in [2.75, 3.05) is 23.4 Å². The number of amides is 2. The van der Waals surface area contributed by atoms with E-state index in [2.05, 4.69) is 15.7 Å². The fraction of sp³-hybridized carbons (Fsp3) is 0.733. The van der Waals surface area contributed by atoms with Crippen LogP contribution in [-0.2, 0) is 14.6 Å². The van der Waals surface area contributed by atoms with Crippen molar-refractivity contribution < 1.29 is 17.9 Å². The van der Waals surface area contributed by atoms with E-state index in [-0.39, 0.29) is 35.7 Å². The number of carbonyl (C=O) groups is 1. The Morgan fingerprint density at radius 3 is 2.92 bits per heavy atom. The molecule has 0 aromatic carbocycles. The van der Waals surface area contributed by atoms with Crippen LogP contribution in [0.4, 0.5) is 10.6 Å². The molecular formula is C15H24N4O4S. The van der Waals surface area contributed by atoms with Crippen molar-refractivity contribution in [3.05, 3.63) is 12.3 Å². The summed E-state index contributed by atoms with van der Waals surface area (Å²) >= 11 is 0. The molecule has 3 atom stereocenters. The Kier molecular flexibility index (Phi) is 5.09. The van der Waals surface area contributed by atoms with Gasteiger partial charge in [-0.2, -0.15) is 5.10 Å². The lowest BCUT2D eigenvalue weighted by Crippen LogP contribution is -2.45. The van der Waals surface area contributed by atoms with Gasteiger partial charge in [-0.3, -0.25) is 5.32 Å². The Hall–Kier alpha value is -1.61. The Morgan fingerprint density at radius 2 is 2.25 bits per heavy atom. The van der Waals surface area contributed by atoms with E-state index in [0.717, 1.165) is 25.9 Å². The minimum atomic E-state index is -3.01. The molecule has 0 bridgehead atoms. The third-order valence-electron chi connectivity index (χ3n) is 4.60. The third-order valence-corrected chi connectivity index (χ3v) is 6.35. The molecule has 3 heterocycles. The summed E-state index contributed by atoms with van der Waals surface area (Å²) < 4.78 is 30.5. The molecule has 0 radical (unpaired) electrons. The summed E-state index contributed by atoms with van der Waals surface area (Å²) in [6.45, 7) is 2.66. The van der Waals surface area contributed by atoms with Crippen molar-refractivity contribution in [3.8, 4) is 0 Å². The highest BCUT2D eigenvalue weighted by molar-refractivity contribution is 7.91. The van der Waals surface area contributed by atoms with E-state index in [1.54, 1.807) is 16.9 Å². The van der Waals surface area contributed by atoms with Crippen LogP contribution < -0.4 is 10.6 Å². The van der Waals surface area contributed by atoms with Crippen LogP contribution in [0, 0.1) is 0 Å². The Labute approximate surface area is 141 Å². The molecule has 0 spiro atoms. The highest BCUT2D eigenvalue weighted by atomic mass is 32.2. The minimum absolute atomic E-state index is 0.0365. The number of carbonyl (C=O) groups excluding carboxylic acids is 1. The number of aromatic nitrogens is 2. The first-order valence-corrected chi connectivity index (χ1v) is 10.2. The van der Waals surface area contributed by atoms with Crippen molar-refractivity contribution >= 4 is 21.7 Å². The molecule has 2 fully saturated rings. The van der Waals surface area contributed by atoms with Crippen LogP contribution in [0.1, 0.15) is 38.6 Å². The molecule has 1 aromatic rings. The largest absolute Gasteiger partial charge is 0.376 e. The summed E-state index contributed by atoms with van der Waals surface area (Å²) in [5.74, 6) is 0.739. The SMILES string of the molecule is CC(NC(=O)Nc1ccnn1C1CCS(=O)(=O)C1)C1CCCCO1. The molecule has 1 aromatic heterocycles. The summed E-state index contributed by atoms with van der Waals surface area (Å²) in [5, 5.41) is 9.82. The number of ether oxygens (including phenoxy) is 1. The molecular weight excluding hydrogens is 332 g/mol. The lowest BCUT2D eigenvalue weighted by atomic mass is 10.0. The number of rotatable bonds is 4. The van der Waals surface area contributed by atoms with Gasteiger partial charge >= 0.3 is 6.03 Å². The van der Waals surface area contributed by atoms with Crippen LogP contribution in [0.25, 0.3) is 0 Å². The normalized spacial score (nSPS) is 27.5. The number of hydrogen-bond acceptors (Lipinski definition) is 5. The lowest BCUT2D eigenvalue weighted by Gasteiger charge is -2.28. The quantitative estimate of drug-likeness (QED) is 0.847. The number of nitrogens with zero attached hydrogens (tertiary/aromatic N) is 2. The first-order valence-electron chi connectivity index (χ1n) is 8.38. The van der Waals surface area contributed by atoms with E-state index in [1.165, 1.54) is 0 Å². The minimum Gasteiger partial charge on any atom is -0.376 e. The predicted molar refractivity (Wildman–Crippen MR) is 89.7 cm³/mol. The van der Waals surface area contributed by atoms with E-state index < -0.39 is 9.84 Å². The van der Waals surface area contributed by atoms with Crippen molar-refractivity contribution in [2.45, 2.75) is 50.8 Å². The summed E-state index contributed by atoms with van der Waals surface area (Å²) in [4.78, 5) is 12.2. The molecule has 0 saturated carbocycles. The molecule has 134 valence electrons. The van der Waals surface area contributed by atoms with Crippen molar-refractivity contribution in [3.63, 3.8) is 0 Å². The highest BCUT2D eigenvalue weighted by Crippen LogP contribution is 2.26. The van der Waals surface area contributed by atoms with Crippen molar-refractivity contribution in [1.29, 1.82) is 0 Å². The molecule has 2 N–H and O–H groups in total. The van der Waals surface area contributed by atoms with Gasteiger partial charge in [0.2, 0.25) is 0 Å². The van der Waals surface area contributed by atoms with Crippen LogP contribution >= 0.6 is 0 Å². The second-order valence-electron chi connectivity index (χ2n) is 6.51. The smallest absolute Gasteiger partial charge is 0.320 e. The van der Waals surface area contributed by atoms with E-state index in [1.807, 2.05) is 6.92 Å². The van der Waals surface area contributed by atoms with Gasteiger partial charge in [0, 0.05) is 12.7 Å². The topological polar surface area (TPSA) is 102 Å². The zero-order valence-corrected chi connectivity index (χ0v) is 14.6. The number of nitrogens with one attached hydrogen (secondary N) is 2. The van der Waals surface area contributed by atoms with Gasteiger partial charge < -0.3 is 10.1 Å². The molecule has 9 heteroatoms. The van der Waals surface area contributed by atoms with E-state index in [9.17, 15) is 13.2 Å². The summed E-state index contributed by atoms with van der Waals surface area (Å²) in [7, 11) is -3.01. The van der Waals surface area contributed by atoms with Crippen LogP contribution in [0.2, 0.25) is 0 Å². The number of anilines is 1. The van der Waals surface area contributed by atoms with Gasteiger partial charge in [-0.25, -0.2) is 17.9 Å². The monoisotopic (exact) mass is 356 g/mol. The molecule has 0 aliphatic carbocycles. The standard InChI is InChI=1S/C15H24N4O4S/c1-11(13-4-2-3-8-23-13)17-15(20)18-14-5-7-16-19(14)12-6-9-24(21,22)10-12/h5,7,11-13H,2-4,6,8-10H2,1H3,(H2,17,18,20). The Balaban J connectivity index is 1.58. The van der Waals surface area contributed by atoms with Gasteiger partial charge in [0.1, 0.15) is 5.82 Å². The van der Waals surface area contributed by atoms with Crippen molar-refractivity contribution in [1.82, 2.24) is 15.1 Å². The average Bonchev–Trinajstić information content (AvgIpc) is 3.14. The van der Waals surface area contributed by atoms with E-state index in [4.69, 9.17) is 4.74 Å². The first-order chi connectivity index (χ1) is 11.4. The van der Waals surface area contributed by atoms with Crippen LogP contribution in [-0.4, -0.2) is 54.5 Å². The Bertz CT molecular complexity index is 681. The summed E-state index contributed by atoms with van der Waals surface area (Å²) in [5.41, 5.74) is 0. The molecule has 3 rings (SSSR count). The van der Waals surface area contributed by atoms with Gasteiger partial charge in [0.15, 0.2) is 9.84 Å². The van der Waals surface area contributed by atoms with Gasteiger partial charge in [-0.05, 0) is 32.6 Å². The van der Waals surface area contributed by atoms with Gasteiger partial charge in [-0.1, -0.05) is 0 Å². The molecule has 2 aliphatic heterocycles. The predicted octanol–water partition coefficient (Wildman–Crippen LogP) is 1.32. The average molecular weight is 356 g/mol. The fourth-order valence-corrected chi connectivity index (χ4v) is 4.98. The molecule has 8 nitrogen and oxygen atoms in total. The van der Waals surface area contributed by atoms with Crippen LogP contribution in [0.15, 0.2) is 12.3 Å².